The molecule has 2 unspecified atom stereocenters. The van der Waals surface area contributed by atoms with Crippen molar-refractivity contribution in [1.82, 2.24) is 5.32 Å². The van der Waals surface area contributed by atoms with Crippen molar-refractivity contribution in [1.29, 1.82) is 0 Å². The molecule has 9 nitrogen and oxygen atoms in total. The van der Waals surface area contributed by atoms with Crippen LogP contribution in [0.4, 0.5) is 0 Å². The Kier molecular flexibility index (Phi) is 40.4. The molecule has 0 saturated carbocycles. The summed E-state index contributed by atoms with van der Waals surface area (Å²) in [4.78, 5) is 35.1. The zero-order valence-electron chi connectivity index (χ0n) is 35.4. The highest BCUT2D eigenvalue weighted by Crippen LogP contribution is 2.43. The van der Waals surface area contributed by atoms with Gasteiger partial charge in [-0.05, 0) is 45.6 Å². The highest BCUT2D eigenvalue weighted by molar-refractivity contribution is 7.47. The monoisotopic (exact) mass is 788 g/mol. The molecule has 0 bridgehead atoms. The summed E-state index contributed by atoms with van der Waals surface area (Å²) in [6.45, 7) is 4.24. The molecule has 0 rings (SSSR count). The summed E-state index contributed by atoms with van der Waals surface area (Å²) in [5.74, 6) is -0.800. The van der Waals surface area contributed by atoms with Gasteiger partial charge in [0.2, 0.25) is 0 Å². The maximum absolute atomic E-state index is 12.6. The second kappa shape index (κ2) is 41.4. The number of hydrogen-bond donors (Lipinski definition) is 2. The molecule has 10 heteroatoms. The molecule has 0 saturated heterocycles. The lowest BCUT2D eigenvalue weighted by atomic mass is 10.0. The standard InChI is InChI=1S/C44H86NO8P/c1-4-6-8-10-12-14-16-18-20-21-23-25-27-29-31-33-35-37-44(47)53-42(41-52-54(48,49)51-39-38-45-3)40-50-43(46)36-34-32-30-28-26-24-22-19-17-15-13-11-9-7-5-2/h15,17,42,45H,4-14,16,18-41H2,1-3H3,(H,48,49)/b17-15-. The third kappa shape index (κ3) is 40.4. The number of allylic oxidation sites excluding steroid dienone is 2. The first-order valence-electron chi connectivity index (χ1n) is 22.6. The van der Waals surface area contributed by atoms with Crippen LogP contribution in [0.3, 0.4) is 0 Å². The van der Waals surface area contributed by atoms with E-state index in [2.05, 4.69) is 31.3 Å². The Labute approximate surface area is 332 Å². The van der Waals surface area contributed by atoms with Crippen LogP contribution in [0.5, 0.6) is 0 Å². The van der Waals surface area contributed by atoms with Crippen molar-refractivity contribution in [3.8, 4) is 0 Å². The Hall–Kier alpha value is -1.25. The second-order valence-corrected chi connectivity index (χ2v) is 16.7. The Balaban J connectivity index is 4.17. The number of hydrogen-bond acceptors (Lipinski definition) is 8. The predicted octanol–water partition coefficient (Wildman–Crippen LogP) is 12.9. The van der Waals surface area contributed by atoms with Gasteiger partial charge in [0.15, 0.2) is 6.10 Å². The van der Waals surface area contributed by atoms with Crippen molar-refractivity contribution in [2.45, 2.75) is 225 Å². The van der Waals surface area contributed by atoms with Crippen LogP contribution < -0.4 is 5.32 Å². The topological polar surface area (TPSA) is 120 Å². The van der Waals surface area contributed by atoms with Gasteiger partial charge in [-0.15, -0.1) is 0 Å². The molecule has 2 atom stereocenters. The average molecular weight is 788 g/mol. The third-order valence-electron chi connectivity index (χ3n) is 9.89. The molecule has 0 aliphatic rings. The molecule has 0 aromatic rings. The van der Waals surface area contributed by atoms with E-state index in [-0.39, 0.29) is 32.0 Å². The SMILES string of the molecule is CCCCCC/C=C\CCCCCCCCCC(=O)OCC(COP(=O)(O)OCCNC)OC(=O)CCCCCCCCCCCCCCCCCCC. The summed E-state index contributed by atoms with van der Waals surface area (Å²) >= 11 is 0. The van der Waals surface area contributed by atoms with Gasteiger partial charge in [0, 0.05) is 19.4 Å². The third-order valence-corrected chi connectivity index (χ3v) is 10.9. The Morgan fingerprint density at radius 1 is 0.556 bits per heavy atom. The van der Waals surface area contributed by atoms with Crippen molar-refractivity contribution < 1.29 is 37.6 Å². The smallest absolute Gasteiger partial charge is 0.462 e. The van der Waals surface area contributed by atoms with Gasteiger partial charge in [-0.1, -0.05) is 180 Å². The van der Waals surface area contributed by atoms with Crippen LogP contribution in [0.2, 0.25) is 0 Å². The number of carbonyl (C=O) groups excluding carboxylic acids is 2. The van der Waals surface area contributed by atoms with Crippen LogP contribution in [-0.2, 0) is 32.7 Å². The predicted molar refractivity (Wildman–Crippen MR) is 225 cm³/mol. The minimum absolute atomic E-state index is 0.0143. The molecule has 0 amide bonds. The summed E-state index contributed by atoms with van der Waals surface area (Å²) in [5, 5.41) is 2.83. The van der Waals surface area contributed by atoms with Gasteiger partial charge >= 0.3 is 19.8 Å². The van der Waals surface area contributed by atoms with E-state index in [4.69, 9.17) is 18.5 Å². The number of likely N-dealkylation sites (N-methyl/N-ethyl adjacent to an activating group) is 1. The zero-order chi connectivity index (χ0) is 39.6. The van der Waals surface area contributed by atoms with Gasteiger partial charge in [0.25, 0.3) is 0 Å². The fraction of sp³-hybridized carbons (Fsp3) is 0.909. The molecule has 0 spiro atoms. The summed E-state index contributed by atoms with van der Waals surface area (Å²) in [7, 11) is -2.64. The molecule has 0 aromatic carbocycles. The fourth-order valence-electron chi connectivity index (χ4n) is 6.43. The number of ether oxygens (including phenoxy) is 2. The van der Waals surface area contributed by atoms with Gasteiger partial charge in [0.05, 0.1) is 13.2 Å². The Morgan fingerprint density at radius 3 is 1.39 bits per heavy atom. The summed E-state index contributed by atoms with van der Waals surface area (Å²) in [5.41, 5.74) is 0. The van der Waals surface area contributed by atoms with Gasteiger partial charge in [-0.2, -0.15) is 0 Å². The number of rotatable bonds is 43. The van der Waals surface area contributed by atoms with Crippen LogP contribution >= 0.6 is 7.82 Å². The van der Waals surface area contributed by atoms with E-state index >= 15 is 0 Å². The van der Waals surface area contributed by atoms with Crippen molar-refractivity contribution in [2.75, 3.05) is 33.4 Å². The summed E-state index contributed by atoms with van der Waals surface area (Å²) in [6.07, 6.45) is 41.1. The minimum Gasteiger partial charge on any atom is -0.462 e. The van der Waals surface area contributed by atoms with Crippen molar-refractivity contribution in [2.24, 2.45) is 0 Å². The number of unbranched alkanes of at least 4 members (excludes halogenated alkanes) is 27. The molecule has 320 valence electrons. The lowest BCUT2D eigenvalue weighted by Crippen LogP contribution is -2.29. The number of phosphoric ester groups is 1. The van der Waals surface area contributed by atoms with E-state index in [0.717, 1.165) is 32.1 Å². The lowest BCUT2D eigenvalue weighted by Gasteiger charge is -2.20. The molecule has 0 aliphatic carbocycles. The first-order valence-corrected chi connectivity index (χ1v) is 24.1. The largest absolute Gasteiger partial charge is 0.472 e. The minimum atomic E-state index is -4.34. The van der Waals surface area contributed by atoms with Crippen LogP contribution in [0.1, 0.15) is 219 Å². The van der Waals surface area contributed by atoms with Crippen LogP contribution in [-0.4, -0.2) is 56.3 Å². The molecule has 0 heterocycles. The van der Waals surface area contributed by atoms with Gasteiger partial charge in [0.1, 0.15) is 6.61 Å². The molecule has 2 N–H and O–H groups in total. The van der Waals surface area contributed by atoms with Crippen LogP contribution in [0, 0.1) is 0 Å². The molecular formula is C44H86NO8P. The quantitative estimate of drug-likeness (QED) is 0.0269. The highest BCUT2D eigenvalue weighted by atomic mass is 31.2. The number of nitrogens with one attached hydrogen (secondary N) is 1. The Bertz CT molecular complexity index is 902. The van der Waals surface area contributed by atoms with Crippen molar-refractivity contribution in [3.05, 3.63) is 12.2 Å². The van der Waals surface area contributed by atoms with Gasteiger partial charge < -0.3 is 19.7 Å². The van der Waals surface area contributed by atoms with E-state index in [1.165, 1.54) is 154 Å². The lowest BCUT2D eigenvalue weighted by molar-refractivity contribution is -0.161. The summed E-state index contributed by atoms with van der Waals surface area (Å²) < 4.78 is 33.2. The Morgan fingerprint density at radius 2 is 0.944 bits per heavy atom. The van der Waals surface area contributed by atoms with E-state index in [1.54, 1.807) is 7.05 Å². The van der Waals surface area contributed by atoms with Crippen molar-refractivity contribution in [3.63, 3.8) is 0 Å². The second-order valence-electron chi connectivity index (χ2n) is 15.2. The number of esters is 2. The summed E-state index contributed by atoms with van der Waals surface area (Å²) in [6, 6.07) is 0. The van der Waals surface area contributed by atoms with Crippen LogP contribution in [0.15, 0.2) is 12.2 Å². The molecule has 0 aromatic heterocycles. The zero-order valence-corrected chi connectivity index (χ0v) is 36.3. The van der Waals surface area contributed by atoms with E-state index in [9.17, 15) is 19.0 Å². The maximum atomic E-state index is 12.6. The molecule has 0 radical (unpaired) electrons. The average Bonchev–Trinajstić information content (AvgIpc) is 3.15. The molecule has 0 fully saturated rings. The van der Waals surface area contributed by atoms with Gasteiger partial charge in [-0.25, -0.2) is 4.57 Å². The highest BCUT2D eigenvalue weighted by Gasteiger charge is 2.26. The maximum Gasteiger partial charge on any atom is 0.472 e. The van der Waals surface area contributed by atoms with E-state index < -0.39 is 26.5 Å². The van der Waals surface area contributed by atoms with E-state index in [0.29, 0.717) is 13.0 Å². The van der Waals surface area contributed by atoms with Crippen molar-refractivity contribution >= 4 is 19.8 Å². The number of carbonyl (C=O) groups is 2. The normalized spacial score (nSPS) is 13.3. The first kappa shape index (κ1) is 52.8. The van der Waals surface area contributed by atoms with Crippen LogP contribution in [0.25, 0.3) is 0 Å². The number of phosphoric acid groups is 1. The van der Waals surface area contributed by atoms with E-state index in [1.807, 2.05) is 0 Å². The molecule has 54 heavy (non-hydrogen) atoms. The van der Waals surface area contributed by atoms with Gasteiger partial charge in [-0.3, -0.25) is 18.6 Å². The first-order chi connectivity index (χ1) is 26.3. The molecular weight excluding hydrogens is 701 g/mol. The molecule has 0 aliphatic heterocycles. The fourth-order valence-corrected chi connectivity index (χ4v) is 7.18.